The van der Waals surface area contributed by atoms with Crippen molar-refractivity contribution in [2.45, 2.75) is 70.6 Å². The monoisotopic (exact) mass is 366 g/mol. The van der Waals surface area contributed by atoms with Gasteiger partial charge in [0.15, 0.2) is 11.5 Å². The Labute approximate surface area is 164 Å². The van der Waals surface area contributed by atoms with E-state index in [0.29, 0.717) is 0 Å². The Hall–Kier alpha value is -2.22. The third-order valence-corrected chi connectivity index (χ3v) is 5.01. The van der Waals surface area contributed by atoms with Gasteiger partial charge in [-0.05, 0) is 62.1 Å². The molecule has 0 unspecified atom stereocenters. The van der Waals surface area contributed by atoms with Crippen molar-refractivity contribution in [2.24, 2.45) is 0 Å². The van der Waals surface area contributed by atoms with Crippen LogP contribution >= 0.6 is 0 Å². The standard InChI is InChI=1S/C25H34O2/c26-24-21-15-20-23(25(24)27)19-14-9-7-5-3-1-2-4-6-8-11-16-22-17-12-10-13-18-22/h4,6,10,12-13,15,17-18,20-21,26-27H,1-3,5,7-9,11,14,16,19H2/b6-4-. The molecule has 2 aromatic carbocycles. The predicted octanol–water partition coefficient (Wildman–Crippen LogP) is 6.95. The van der Waals surface area contributed by atoms with E-state index in [-0.39, 0.29) is 11.5 Å². The van der Waals surface area contributed by atoms with Gasteiger partial charge in [-0.2, -0.15) is 0 Å². The van der Waals surface area contributed by atoms with Crippen LogP contribution < -0.4 is 0 Å². The molecule has 0 radical (unpaired) electrons. The molecular formula is C25H34O2. The molecule has 0 aliphatic heterocycles. The van der Waals surface area contributed by atoms with Gasteiger partial charge in [0.1, 0.15) is 0 Å². The lowest BCUT2D eigenvalue weighted by atomic mass is 10.0. The fourth-order valence-electron chi connectivity index (χ4n) is 3.37. The van der Waals surface area contributed by atoms with Crippen molar-refractivity contribution in [1.29, 1.82) is 0 Å². The summed E-state index contributed by atoms with van der Waals surface area (Å²) < 4.78 is 0. The molecule has 2 aromatic rings. The van der Waals surface area contributed by atoms with E-state index in [0.717, 1.165) is 18.4 Å². The highest BCUT2D eigenvalue weighted by Gasteiger charge is 2.04. The molecule has 0 bridgehead atoms. The third kappa shape index (κ3) is 8.81. The van der Waals surface area contributed by atoms with Crippen LogP contribution in [0, 0.1) is 0 Å². The van der Waals surface area contributed by atoms with Gasteiger partial charge in [-0.1, -0.05) is 80.3 Å². The molecule has 2 N–H and O–H groups in total. The zero-order chi connectivity index (χ0) is 19.2. The van der Waals surface area contributed by atoms with Gasteiger partial charge < -0.3 is 10.2 Å². The summed E-state index contributed by atoms with van der Waals surface area (Å²) in [5, 5.41) is 19.3. The van der Waals surface area contributed by atoms with Crippen molar-refractivity contribution in [3.05, 3.63) is 71.8 Å². The first-order valence-corrected chi connectivity index (χ1v) is 10.5. The molecule has 27 heavy (non-hydrogen) atoms. The van der Waals surface area contributed by atoms with Gasteiger partial charge in [0.05, 0.1) is 0 Å². The molecule has 2 rings (SSSR count). The van der Waals surface area contributed by atoms with E-state index in [1.54, 1.807) is 6.07 Å². The van der Waals surface area contributed by atoms with Gasteiger partial charge in [-0.3, -0.25) is 0 Å². The zero-order valence-corrected chi connectivity index (χ0v) is 16.4. The number of hydrogen-bond donors (Lipinski definition) is 2. The van der Waals surface area contributed by atoms with E-state index in [4.69, 9.17) is 0 Å². The quantitative estimate of drug-likeness (QED) is 0.229. The number of benzene rings is 2. The van der Waals surface area contributed by atoms with Gasteiger partial charge in [0.2, 0.25) is 0 Å². The summed E-state index contributed by atoms with van der Waals surface area (Å²) in [7, 11) is 0. The molecule has 2 heteroatoms. The van der Waals surface area contributed by atoms with Crippen LogP contribution in [-0.2, 0) is 12.8 Å². The van der Waals surface area contributed by atoms with Crippen molar-refractivity contribution in [3.8, 4) is 11.5 Å². The van der Waals surface area contributed by atoms with E-state index < -0.39 is 0 Å². The fourth-order valence-corrected chi connectivity index (χ4v) is 3.37. The van der Waals surface area contributed by atoms with Crippen LogP contribution in [0.2, 0.25) is 0 Å². The SMILES string of the molecule is Oc1cccc(CCCCCCCC/C=C\CCCc2ccccc2)c1O. The molecular weight excluding hydrogens is 332 g/mol. The maximum Gasteiger partial charge on any atom is 0.160 e. The predicted molar refractivity (Wildman–Crippen MR) is 114 cm³/mol. The summed E-state index contributed by atoms with van der Waals surface area (Å²) in [6.07, 6.45) is 17.7. The lowest BCUT2D eigenvalue weighted by molar-refractivity contribution is 0.398. The van der Waals surface area contributed by atoms with Crippen LogP contribution in [0.1, 0.15) is 68.9 Å². The number of aryl methyl sites for hydroxylation is 2. The first kappa shape index (κ1) is 21.1. The average Bonchev–Trinajstić information content (AvgIpc) is 2.69. The van der Waals surface area contributed by atoms with Crippen molar-refractivity contribution in [2.75, 3.05) is 0 Å². The minimum atomic E-state index is -0.0133. The van der Waals surface area contributed by atoms with Crippen molar-refractivity contribution in [3.63, 3.8) is 0 Å². The minimum absolute atomic E-state index is 0.0133. The minimum Gasteiger partial charge on any atom is -0.504 e. The average molecular weight is 367 g/mol. The first-order chi connectivity index (χ1) is 13.3. The summed E-state index contributed by atoms with van der Waals surface area (Å²) in [4.78, 5) is 0. The van der Waals surface area contributed by atoms with Crippen LogP contribution in [0.5, 0.6) is 11.5 Å². The topological polar surface area (TPSA) is 40.5 Å². The number of para-hydroxylation sites is 1. The van der Waals surface area contributed by atoms with E-state index in [2.05, 4.69) is 42.5 Å². The van der Waals surface area contributed by atoms with Crippen molar-refractivity contribution in [1.82, 2.24) is 0 Å². The van der Waals surface area contributed by atoms with Crippen LogP contribution in [0.25, 0.3) is 0 Å². The normalized spacial score (nSPS) is 11.3. The second-order valence-corrected chi connectivity index (χ2v) is 7.29. The molecule has 0 atom stereocenters. The van der Waals surface area contributed by atoms with Crippen LogP contribution in [0.4, 0.5) is 0 Å². The summed E-state index contributed by atoms with van der Waals surface area (Å²) >= 11 is 0. The smallest absolute Gasteiger partial charge is 0.160 e. The van der Waals surface area contributed by atoms with Crippen LogP contribution in [0.15, 0.2) is 60.7 Å². The van der Waals surface area contributed by atoms with E-state index >= 15 is 0 Å². The van der Waals surface area contributed by atoms with Gasteiger partial charge in [-0.15, -0.1) is 0 Å². The second-order valence-electron chi connectivity index (χ2n) is 7.29. The molecule has 0 aliphatic rings. The van der Waals surface area contributed by atoms with E-state index in [9.17, 15) is 10.2 Å². The number of allylic oxidation sites excluding steroid dienone is 2. The lowest BCUT2D eigenvalue weighted by Crippen LogP contribution is -1.87. The Morgan fingerprint density at radius 2 is 1.26 bits per heavy atom. The molecule has 2 nitrogen and oxygen atoms in total. The summed E-state index contributed by atoms with van der Waals surface area (Å²) in [6.45, 7) is 0. The molecule has 0 saturated carbocycles. The third-order valence-electron chi connectivity index (χ3n) is 5.01. The molecule has 0 spiro atoms. The molecule has 0 heterocycles. The Balaban J connectivity index is 1.40. The maximum absolute atomic E-state index is 9.78. The number of unbranched alkanes of at least 4 members (excludes halogenated alkanes) is 7. The van der Waals surface area contributed by atoms with Crippen LogP contribution in [-0.4, -0.2) is 10.2 Å². The van der Waals surface area contributed by atoms with Gasteiger partial charge >= 0.3 is 0 Å². The van der Waals surface area contributed by atoms with Gasteiger partial charge in [-0.25, -0.2) is 0 Å². The number of phenols is 2. The van der Waals surface area contributed by atoms with Crippen molar-refractivity contribution >= 4 is 0 Å². The second kappa shape index (κ2) is 13.0. The summed E-state index contributed by atoms with van der Waals surface area (Å²) in [5.41, 5.74) is 2.29. The zero-order valence-electron chi connectivity index (χ0n) is 16.4. The maximum atomic E-state index is 9.78. The van der Waals surface area contributed by atoms with Crippen molar-refractivity contribution < 1.29 is 10.2 Å². The van der Waals surface area contributed by atoms with E-state index in [1.807, 2.05) is 6.07 Å². The molecule has 0 aliphatic carbocycles. The highest BCUT2D eigenvalue weighted by Crippen LogP contribution is 2.29. The Kier molecular flexibility index (Phi) is 10.2. The molecule has 0 amide bonds. The Morgan fingerprint density at radius 3 is 2.04 bits per heavy atom. The Morgan fingerprint density at radius 1 is 0.593 bits per heavy atom. The highest BCUT2D eigenvalue weighted by atomic mass is 16.3. The Bertz CT molecular complexity index is 661. The molecule has 0 fully saturated rings. The summed E-state index contributed by atoms with van der Waals surface area (Å²) in [6, 6.07) is 15.9. The van der Waals surface area contributed by atoms with Gasteiger partial charge in [0.25, 0.3) is 0 Å². The molecule has 0 aromatic heterocycles. The first-order valence-electron chi connectivity index (χ1n) is 10.5. The molecule has 0 saturated heterocycles. The highest BCUT2D eigenvalue weighted by molar-refractivity contribution is 5.44. The molecule has 146 valence electrons. The largest absolute Gasteiger partial charge is 0.504 e. The van der Waals surface area contributed by atoms with Gasteiger partial charge in [0, 0.05) is 0 Å². The summed E-state index contributed by atoms with van der Waals surface area (Å²) in [5.74, 6) is 0.0358. The number of hydrogen-bond acceptors (Lipinski definition) is 2. The number of phenolic OH excluding ortho intramolecular Hbond substituents is 2. The number of rotatable bonds is 13. The number of aromatic hydroxyl groups is 2. The lowest BCUT2D eigenvalue weighted by Gasteiger charge is -2.06. The van der Waals surface area contributed by atoms with Crippen LogP contribution in [0.3, 0.4) is 0 Å². The fraction of sp³-hybridized carbons (Fsp3) is 0.440. The van der Waals surface area contributed by atoms with E-state index in [1.165, 1.54) is 69.4 Å².